The van der Waals surface area contributed by atoms with Crippen LogP contribution in [0.3, 0.4) is 0 Å². The Morgan fingerprint density at radius 3 is 2.48 bits per heavy atom. The molecule has 1 heterocycles. The first kappa shape index (κ1) is 16.8. The zero-order chi connectivity index (χ0) is 15.7. The predicted octanol–water partition coefficient (Wildman–Crippen LogP) is 3.28. The summed E-state index contributed by atoms with van der Waals surface area (Å²) < 4.78 is 64.6. The van der Waals surface area contributed by atoms with Crippen LogP contribution in [-0.4, -0.2) is 38.2 Å². The maximum absolute atomic E-state index is 13.1. The van der Waals surface area contributed by atoms with E-state index in [-0.39, 0.29) is 19.4 Å². The monoisotopic (exact) mass is 341 g/mol. The summed E-state index contributed by atoms with van der Waals surface area (Å²) in [6, 6.07) is 3.75. The van der Waals surface area contributed by atoms with Crippen LogP contribution in [0.5, 0.6) is 0 Å². The molecule has 1 fully saturated rings. The molecular weight excluding hydrogens is 323 g/mol. The summed E-state index contributed by atoms with van der Waals surface area (Å²) >= 11 is 1.51. The van der Waals surface area contributed by atoms with E-state index < -0.39 is 27.4 Å². The van der Waals surface area contributed by atoms with Gasteiger partial charge in [0.05, 0.1) is 11.2 Å². The van der Waals surface area contributed by atoms with Gasteiger partial charge in [0.1, 0.15) is 0 Å². The van der Waals surface area contributed by atoms with Crippen molar-refractivity contribution in [2.45, 2.75) is 31.9 Å². The van der Waals surface area contributed by atoms with Gasteiger partial charge in [-0.3, -0.25) is 0 Å². The van der Waals surface area contributed by atoms with Crippen LogP contribution in [0.1, 0.15) is 24.1 Å². The lowest BCUT2D eigenvalue weighted by atomic mass is 9.70. The van der Waals surface area contributed by atoms with E-state index in [1.165, 1.54) is 18.4 Å². The molecule has 0 atom stereocenters. The predicted molar refractivity (Wildman–Crippen MR) is 76.8 cm³/mol. The molecule has 21 heavy (non-hydrogen) atoms. The van der Waals surface area contributed by atoms with Gasteiger partial charge in [0.2, 0.25) is 10.0 Å². The van der Waals surface area contributed by atoms with Gasteiger partial charge in [-0.1, -0.05) is 12.5 Å². The molecule has 2 rings (SSSR count). The topological polar surface area (TPSA) is 37.4 Å². The third kappa shape index (κ3) is 3.60. The number of sulfonamides is 1. The third-order valence-electron chi connectivity index (χ3n) is 4.10. The first-order valence-corrected chi connectivity index (χ1v) is 9.18. The first-order valence-electron chi connectivity index (χ1n) is 6.69. The Labute approximate surface area is 126 Å². The minimum absolute atomic E-state index is 0.0888. The van der Waals surface area contributed by atoms with Crippen LogP contribution in [0.25, 0.3) is 0 Å². The molecule has 1 aromatic heterocycles. The minimum Gasteiger partial charge on any atom is -0.212 e. The highest BCUT2D eigenvalue weighted by Gasteiger charge is 2.60. The molecule has 0 aliphatic heterocycles. The second-order valence-electron chi connectivity index (χ2n) is 5.54. The van der Waals surface area contributed by atoms with Crippen molar-refractivity contribution in [1.82, 2.24) is 4.31 Å². The van der Waals surface area contributed by atoms with Gasteiger partial charge >= 0.3 is 6.18 Å². The quantitative estimate of drug-likeness (QED) is 0.796. The van der Waals surface area contributed by atoms with Gasteiger partial charge in [0.25, 0.3) is 0 Å². The summed E-state index contributed by atoms with van der Waals surface area (Å²) in [5.41, 5.74) is -2.04. The molecule has 0 aromatic carbocycles. The van der Waals surface area contributed by atoms with Crippen molar-refractivity contribution in [3.8, 4) is 0 Å². The van der Waals surface area contributed by atoms with Crippen LogP contribution >= 0.6 is 11.3 Å². The lowest BCUT2D eigenvalue weighted by Gasteiger charge is -2.43. The molecule has 1 saturated carbocycles. The molecule has 0 bridgehead atoms. The van der Waals surface area contributed by atoms with E-state index in [4.69, 9.17) is 0 Å². The minimum atomic E-state index is -4.45. The Hall–Kier alpha value is -0.600. The van der Waals surface area contributed by atoms with Gasteiger partial charge in [-0.25, -0.2) is 12.7 Å². The number of thiophene rings is 1. The smallest absolute Gasteiger partial charge is 0.212 e. The van der Waals surface area contributed by atoms with Gasteiger partial charge in [0.15, 0.2) is 0 Å². The van der Waals surface area contributed by atoms with Gasteiger partial charge in [0, 0.05) is 18.5 Å². The van der Waals surface area contributed by atoms with Crippen molar-refractivity contribution in [1.29, 1.82) is 0 Å². The molecule has 1 aromatic rings. The highest BCUT2D eigenvalue weighted by atomic mass is 32.2. The largest absolute Gasteiger partial charge is 0.395 e. The zero-order valence-corrected chi connectivity index (χ0v) is 13.3. The van der Waals surface area contributed by atoms with Crippen molar-refractivity contribution >= 4 is 21.4 Å². The van der Waals surface area contributed by atoms with Crippen LogP contribution in [0.15, 0.2) is 17.5 Å². The van der Waals surface area contributed by atoms with Crippen LogP contribution in [0.4, 0.5) is 13.2 Å². The number of alkyl halides is 3. The second-order valence-corrected chi connectivity index (χ2v) is 8.65. The Kier molecular flexibility index (Phi) is 4.70. The number of nitrogens with zero attached hydrogens (tertiary/aromatic N) is 1. The van der Waals surface area contributed by atoms with Crippen LogP contribution < -0.4 is 0 Å². The standard InChI is InChI=1S/C13H18F3NO2S2/c1-17(8-5-11-4-2-9-20-11)21(18,19)10-12(6-3-7-12)13(14,15)16/h2,4,9H,3,5-8,10H2,1H3. The average molecular weight is 341 g/mol. The molecule has 120 valence electrons. The zero-order valence-electron chi connectivity index (χ0n) is 11.7. The molecule has 0 amide bonds. The van der Waals surface area contributed by atoms with Crippen LogP contribution in [-0.2, 0) is 16.4 Å². The molecule has 1 aliphatic carbocycles. The van der Waals surface area contributed by atoms with Crippen molar-refractivity contribution in [2.24, 2.45) is 5.41 Å². The van der Waals surface area contributed by atoms with Crippen LogP contribution in [0.2, 0.25) is 0 Å². The van der Waals surface area contributed by atoms with E-state index in [1.807, 2.05) is 17.5 Å². The van der Waals surface area contributed by atoms with Gasteiger partial charge in [-0.15, -0.1) is 11.3 Å². The molecule has 1 aliphatic rings. The van der Waals surface area contributed by atoms with Gasteiger partial charge in [-0.2, -0.15) is 13.2 Å². The SMILES string of the molecule is CN(CCc1cccs1)S(=O)(=O)CC1(C(F)(F)F)CCC1. The Bertz CT molecular complexity index is 563. The summed E-state index contributed by atoms with van der Waals surface area (Å²) in [5.74, 6) is -0.829. The molecular formula is C13H18F3NO2S2. The van der Waals surface area contributed by atoms with Crippen molar-refractivity contribution in [2.75, 3.05) is 19.3 Å². The van der Waals surface area contributed by atoms with E-state index in [0.717, 1.165) is 9.18 Å². The van der Waals surface area contributed by atoms with Gasteiger partial charge < -0.3 is 0 Å². The third-order valence-corrected chi connectivity index (χ3v) is 7.08. The fraction of sp³-hybridized carbons (Fsp3) is 0.692. The van der Waals surface area contributed by atoms with Crippen molar-refractivity contribution in [3.63, 3.8) is 0 Å². The first-order chi connectivity index (χ1) is 9.66. The molecule has 0 radical (unpaired) electrons. The number of likely N-dealkylation sites (N-methyl/N-ethyl adjacent to an activating group) is 1. The van der Waals surface area contributed by atoms with Gasteiger partial charge in [-0.05, 0) is 30.7 Å². The normalized spacial score (nSPS) is 18.7. The molecule has 0 spiro atoms. The maximum atomic E-state index is 13.1. The maximum Gasteiger partial charge on any atom is 0.395 e. The van der Waals surface area contributed by atoms with Crippen molar-refractivity contribution < 1.29 is 21.6 Å². The second kappa shape index (κ2) is 5.89. The lowest BCUT2D eigenvalue weighted by Crippen LogP contribution is -2.51. The molecule has 8 heteroatoms. The lowest BCUT2D eigenvalue weighted by molar-refractivity contribution is -0.241. The summed E-state index contributed by atoms with van der Waals surface area (Å²) in [7, 11) is -2.54. The summed E-state index contributed by atoms with van der Waals surface area (Å²) in [4.78, 5) is 1.02. The van der Waals surface area contributed by atoms with E-state index in [9.17, 15) is 21.6 Å². The van der Waals surface area contributed by atoms with E-state index in [1.54, 1.807) is 0 Å². The fourth-order valence-corrected chi connectivity index (χ4v) is 4.87. The molecule has 0 unspecified atom stereocenters. The highest BCUT2D eigenvalue weighted by molar-refractivity contribution is 7.89. The Morgan fingerprint density at radius 1 is 1.38 bits per heavy atom. The highest BCUT2D eigenvalue weighted by Crippen LogP contribution is 2.53. The molecule has 0 N–H and O–H groups in total. The number of halogens is 3. The number of hydrogen-bond donors (Lipinski definition) is 0. The summed E-state index contributed by atoms with van der Waals surface area (Å²) in [6.45, 7) is 0.205. The van der Waals surface area contributed by atoms with E-state index in [0.29, 0.717) is 12.8 Å². The number of rotatable bonds is 6. The van der Waals surface area contributed by atoms with Crippen molar-refractivity contribution in [3.05, 3.63) is 22.4 Å². The average Bonchev–Trinajstić information content (AvgIpc) is 2.82. The molecule has 3 nitrogen and oxygen atoms in total. The number of hydrogen-bond acceptors (Lipinski definition) is 3. The summed E-state index contributed by atoms with van der Waals surface area (Å²) in [6.07, 6.45) is -3.67. The molecule has 0 saturated heterocycles. The van der Waals surface area contributed by atoms with E-state index >= 15 is 0 Å². The Balaban J connectivity index is 2.00. The Morgan fingerprint density at radius 2 is 2.05 bits per heavy atom. The van der Waals surface area contributed by atoms with E-state index in [2.05, 4.69) is 0 Å². The van der Waals surface area contributed by atoms with Crippen LogP contribution in [0, 0.1) is 5.41 Å². The fourth-order valence-electron chi connectivity index (χ4n) is 2.43. The summed E-state index contributed by atoms with van der Waals surface area (Å²) in [5, 5.41) is 1.89.